The van der Waals surface area contributed by atoms with E-state index in [0.29, 0.717) is 18.0 Å². The van der Waals surface area contributed by atoms with Crippen LogP contribution in [-0.4, -0.2) is 121 Å². The van der Waals surface area contributed by atoms with E-state index in [9.17, 15) is 10.2 Å². The molecule has 2 aliphatic heterocycles. The number of allylic oxidation sites excluding steroid dienone is 4. The molecule has 4 unspecified atom stereocenters. The zero-order chi connectivity index (χ0) is 31.9. The molecule has 0 saturated heterocycles. The second kappa shape index (κ2) is 19.3. The van der Waals surface area contributed by atoms with Gasteiger partial charge in [-0.25, -0.2) is 4.58 Å². The molecule has 2 heterocycles. The number of benzene rings is 1. The monoisotopic (exact) mass is 656 g/mol. The maximum atomic E-state index is 9.54. The number of β-amino-alcohol motifs (C(OH)–C–C–N with tert-alkyl or cyclic N) is 1. The molecule has 6 nitrogen and oxygen atoms in total. The third-order valence-electron chi connectivity index (χ3n) is 10.2. The molecule has 1 aromatic carbocycles. The number of likely N-dealkylation sites (N-methyl/N-ethyl adjacent to an activating group) is 2. The molecule has 4 atom stereocenters. The van der Waals surface area contributed by atoms with Crippen molar-refractivity contribution in [1.82, 2.24) is 4.90 Å². The highest BCUT2D eigenvalue weighted by Gasteiger charge is 2.28. The van der Waals surface area contributed by atoms with Crippen LogP contribution in [0.4, 0.5) is 5.69 Å². The van der Waals surface area contributed by atoms with Gasteiger partial charge in [0.1, 0.15) is 31.6 Å². The van der Waals surface area contributed by atoms with Crippen molar-refractivity contribution < 1.29 is 19.3 Å². The molecule has 3 aliphatic rings. The maximum Gasteiger partial charge on any atom is 0.165 e. The van der Waals surface area contributed by atoms with E-state index in [1.165, 1.54) is 49.1 Å². The molecule has 0 fully saturated rings. The van der Waals surface area contributed by atoms with Crippen LogP contribution in [0, 0.1) is 5.92 Å². The molecule has 0 saturated carbocycles. The maximum absolute atomic E-state index is 9.54. The largest absolute Gasteiger partial charge is 0.390 e. The Morgan fingerprint density at radius 1 is 0.933 bits per heavy atom. The van der Waals surface area contributed by atoms with Crippen LogP contribution in [0.25, 0.3) is 0 Å². The van der Waals surface area contributed by atoms with Crippen LogP contribution in [-0.2, 0) is 6.42 Å². The van der Waals surface area contributed by atoms with Crippen LogP contribution in [0.15, 0.2) is 60.3 Å². The minimum Gasteiger partial charge on any atom is -0.390 e. The molecule has 2 N–H and O–H groups in total. The van der Waals surface area contributed by atoms with Gasteiger partial charge in [0.2, 0.25) is 0 Å². The molecule has 0 bridgehead atoms. The molecule has 0 aromatic heterocycles. The number of hydrogen-bond acceptors (Lipinski definition) is 6. The van der Waals surface area contributed by atoms with Gasteiger partial charge < -0.3 is 15.1 Å². The summed E-state index contributed by atoms with van der Waals surface area (Å²) in [4.78, 5) is 4.91. The van der Waals surface area contributed by atoms with E-state index < -0.39 is 0 Å². The molecule has 0 spiro atoms. The summed E-state index contributed by atoms with van der Waals surface area (Å²) in [5.41, 5.74) is 4.17. The van der Waals surface area contributed by atoms with Gasteiger partial charge in [-0.3, -0.25) is 9.38 Å². The molecule has 1 aliphatic carbocycles. The summed E-state index contributed by atoms with van der Waals surface area (Å²) in [6.45, 7) is 5.23. The zero-order valence-corrected chi connectivity index (χ0v) is 29.9. The fourth-order valence-electron chi connectivity index (χ4n) is 7.03. The number of hydrogen-bond donors (Lipinski definition) is 2. The topological polar surface area (TPSA) is 50.0 Å². The van der Waals surface area contributed by atoms with Crippen molar-refractivity contribution in [3.63, 3.8) is 0 Å². The Morgan fingerprint density at radius 2 is 1.73 bits per heavy atom. The third kappa shape index (κ3) is 11.6. The normalized spacial score (nSPS) is 25.0. The Morgan fingerprint density at radius 3 is 2.47 bits per heavy atom. The Hall–Kier alpha value is -1.55. The highest BCUT2D eigenvalue weighted by molar-refractivity contribution is 8.76. The Bertz CT molecular complexity index is 1140. The van der Waals surface area contributed by atoms with Gasteiger partial charge in [0.15, 0.2) is 12.6 Å². The van der Waals surface area contributed by atoms with Crippen LogP contribution < -0.4 is 4.90 Å². The second-order valence-corrected chi connectivity index (χ2v) is 16.1. The van der Waals surface area contributed by atoms with E-state index in [0.717, 1.165) is 74.4 Å². The van der Waals surface area contributed by atoms with Gasteiger partial charge >= 0.3 is 0 Å². The first-order chi connectivity index (χ1) is 21.9. The number of rotatable bonds is 19. The van der Waals surface area contributed by atoms with E-state index in [-0.39, 0.29) is 13.2 Å². The SMILES string of the molecule is CN(CCSSCCN(C)C1C=CC(CCC2=CC=CC[N+]2(C)CCO)CC1)c1ccc(CCC2CCCC=[N+]2CCO)cc1. The van der Waals surface area contributed by atoms with Crippen LogP contribution in [0.2, 0.25) is 0 Å². The van der Waals surface area contributed by atoms with Crippen LogP contribution >= 0.6 is 21.6 Å². The van der Waals surface area contributed by atoms with Gasteiger partial charge in [0.25, 0.3) is 0 Å². The fourth-order valence-corrected chi connectivity index (χ4v) is 9.13. The number of aliphatic hydroxyl groups excluding tert-OH is 2. The third-order valence-corrected chi connectivity index (χ3v) is 12.6. The lowest BCUT2D eigenvalue weighted by Crippen LogP contribution is -2.46. The average Bonchev–Trinajstić information content (AvgIpc) is 3.06. The lowest BCUT2D eigenvalue weighted by Gasteiger charge is -2.37. The fraction of sp³-hybridized carbons (Fsp3) is 0.649. The summed E-state index contributed by atoms with van der Waals surface area (Å²) in [5, 5.41) is 18.9. The smallest absolute Gasteiger partial charge is 0.165 e. The highest BCUT2D eigenvalue weighted by atomic mass is 33.1. The lowest BCUT2D eigenvalue weighted by molar-refractivity contribution is -0.869. The summed E-state index contributed by atoms with van der Waals surface area (Å²) in [7, 11) is 10.8. The molecule has 0 radical (unpaired) electrons. The first-order valence-corrected chi connectivity index (χ1v) is 19.9. The molecule has 1 aromatic rings. The summed E-state index contributed by atoms with van der Waals surface area (Å²) < 4.78 is 3.23. The number of quaternary nitrogens is 1. The van der Waals surface area contributed by atoms with Crippen molar-refractivity contribution in [2.24, 2.45) is 5.92 Å². The van der Waals surface area contributed by atoms with Gasteiger partial charge in [0.05, 0.1) is 13.7 Å². The predicted molar refractivity (Wildman–Crippen MR) is 197 cm³/mol. The lowest BCUT2D eigenvalue weighted by atomic mass is 9.88. The highest BCUT2D eigenvalue weighted by Crippen LogP contribution is 2.30. The Kier molecular flexibility index (Phi) is 15.6. The molecule has 0 amide bonds. The van der Waals surface area contributed by atoms with Crippen LogP contribution in [0.5, 0.6) is 0 Å². The zero-order valence-electron chi connectivity index (χ0n) is 28.2. The molecule has 8 heteroatoms. The number of nitrogens with zero attached hydrogens (tertiary/aromatic N) is 4. The predicted octanol–water partition coefficient (Wildman–Crippen LogP) is 6.00. The first-order valence-electron chi connectivity index (χ1n) is 17.4. The summed E-state index contributed by atoms with van der Waals surface area (Å²) in [6, 6.07) is 10.3. The van der Waals surface area contributed by atoms with Gasteiger partial charge in [-0.2, -0.15) is 0 Å². The second-order valence-electron chi connectivity index (χ2n) is 13.4. The molecular formula is C37H60N4O2S2+2. The van der Waals surface area contributed by atoms with E-state index in [4.69, 9.17) is 0 Å². The summed E-state index contributed by atoms with van der Waals surface area (Å²) in [6.07, 6.45) is 24.7. The van der Waals surface area contributed by atoms with Crippen LogP contribution in [0.3, 0.4) is 0 Å². The van der Waals surface area contributed by atoms with Crippen LogP contribution in [0.1, 0.15) is 56.9 Å². The Balaban J connectivity index is 1.07. The minimum atomic E-state index is 0.242. The van der Waals surface area contributed by atoms with E-state index in [1.54, 1.807) is 0 Å². The molecule has 250 valence electrons. The number of aliphatic hydroxyl groups is 2. The Labute approximate surface area is 281 Å². The average molecular weight is 657 g/mol. The number of aryl methyl sites for hydroxylation is 1. The first kappa shape index (κ1) is 36.3. The van der Waals surface area contributed by atoms with Crippen molar-refractivity contribution in [3.05, 3.63) is 65.9 Å². The van der Waals surface area contributed by atoms with Crippen molar-refractivity contribution in [1.29, 1.82) is 0 Å². The van der Waals surface area contributed by atoms with Crippen molar-refractivity contribution in [3.8, 4) is 0 Å². The van der Waals surface area contributed by atoms with E-state index in [2.05, 4.69) is 96.4 Å². The summed E-state index contributed by atoms with van der Waals surface area (Å²) in [5.74, 6) is 2.95. The van der Waals surface area contributed by atoms with E-state index >= 15 is 0 Å². The van der Waals surface area contributed by atoms with Crippen molar-refractivity contribution in [2.45, 2.75) is 69.9 Å². The van der Waals surface area contributed by atoms with Gasteiger partial charge in [0, 0.05) is 69.1 Å². The molecule has 45 heavy (non-hydrogen) atoms. The summed E-state index contributed by atoms with van der Waals surface area (Å²) >= 11 is 0. The van der Waals surface area contributed by atoms with Gasteiger partial charge in [-0.15, -0.1) is 0 Å². The number of anilines is 1. The molecule has 4 rings (SSSR count). The van der Waals surface area contributed by atoms with Gasteiger partial charge in [-0.05, 0) is 74.9 Å². The van der Waals surface area contributed by atoms with Crippen molar-refractivity contribution in [2.75, 3.05) is 83.5 Å². The van der Waals surface area contributed by atoms with Gasteiger partial charge in [-0.1, -0.05) is 51.9 Å². The van der Waals surface area contributed by atoms with E-state index in [1.807, 2.05) is 21.6 Å². The van der Waals surface area contributed by atoms with Crippen molar-refractivity contribution >= 4 is 33.5 Å². The quantitative estimate of drug-likeness (QED) is 0.0626. The minimum absolute atomic E-state index is 0.242. The standard InChI is InChI=1S/C37H60N4O2S2/c1-38(34-16-10-32(11-17-34)14-20-36-8-4-6-22-40(36)23-28-42)24-30-44-45-31-25-39(2)35-18-12-33(13-19-35)15-21-37-9-5-7-26-41(37,3)27-29-43/h5,7,9-12,16-18,22,33,35-36,42-43H,4,6,8,13-15,19-21,23-31H2,1-3H3/q+2. The molecular weight excluding hydrogens is 597 g/mol.